The monoisotopic (exact) mass is 396 g/mol. The Morgan fingerprint density at radius 2 is 2.08 bits per heavy atom. The molecule has 0 aromatic heterocycles. The molecule has 1 atom stereocenters. The van der Waals surface area contributed by atoms with E-state index in [2.05, 4.69) is 0 Å². The van der Waals surface area contributed by atoms with Gasteiger partial charge in [-0.3, -0.25) is 4.79 Å². The zero-order valence-electron chi connectivity index (χ0n) is 14.6. The van der Waals surface area contributed by atoms with Crippen LogP contribution in [0.3, 0.4) is 0 Å². The lowest BCUT2D eigenvalue weighted by Crippen LogP contribution is -2.45. The van der Waals surface area contributed by atoms with Gasteiger partial charge in [0.1, 0.15) is 0 Å². The molecule has 1 aromatic rings. The number of amides is 1. The number of piperidine rings is 1. The van der Waals surface area contributed by atoms with E-state index in [0.29, 0.717) is 19.4 Å². The molecule has 9 heteroatoms. The van der Waals surface area contributed by atoms with E-state index in [1.165, 1.54) is 13.2 Å². The molecule has 5 nitrogen and oxygen atoms in total. The third kappa shape index (κ3) is 6.92. The summed E-state index contributed by atoms with van der Waals surface area (Å²) in [6.45, 7) is -0.0805. The maximum absolute atomic E-state index is 12.3. The Kier molecular flexibility index (Phi) is 8.49. The Morgan fingerprint density at radius 3 is 2.69 bits per heavy atom. The molecule has 1 aromatic carbocycles. The van der Waals surface area contributed by atoms with Crippen molar-refractivity contribution in [3.63, 3.8) is 0 Å². The maximum Gasteiger partial charge on any atom is 0.422 e. The molecule has 26 heavy (non-hydrogen) atoms. The number of likely N-dealkylation sites (tertiary alicyclic amines) is 1. The average molecular weight is 397 g/mol. The van der Waals surface area contributed by atoms with Gasteiger partial charge in [-0.2, -0.15) is 13.2 Å². The topological polar surface area (TPSA) is 64.8 Å². The van der Waals surface area contributed by atoms with Gasteiger partial charge in [-0.05, 0) is 37.0 Å². The zero-order valence-corrected chi connectivity index (χ0v) is 15.4. The lowest BCUT2D eigenvalue weighted by atomic mass is 10.0. The molecule has 1 aliphatic rings. The lowest BCUT2D eigenvalue weighted by Gasteiger charge is -2.30. The molecule has 1 fully saturated rings. The summed E-state index contributed by atoms with van der Waals surface area (Å²) in [5.41, 5.74) is 6.68. The first-order chi connectivity index (χ1) is 11.8. The van der Waals surface area contributed by atoms with E-state index < -0.39 is 12.8 Å². The van der Waals surface area contributed by atoms with Crippen molar-refractivity contribution in [3.05, 3.63) is 23.8 Å². The highest BCUT2D eigenvalue weighted by molar-refractivity contribution is 5.85. The smallest absolute Gasteiger partial charge is 0.422 e. The number of nitrogens with zero attached hydrogens (tertiary/aromatic N) is 1. The summed E-state index contributed by atoms with van der Waals surface area (Å²) in [6.07, 6.45) is -1.78. The molecule has 1 unspecified atom stereocenters. The molecular formula is C17H24ClF3N2O3. The Balaban J connectivity index is 0.00000338. The number of carbonyl (C=O) groups excluding carboxylic acids is 1. The first-order valence-corrected chi connectivity index (χ1v) is 8.18. The number of benzene rings is 1. The van der Waals surface area contributed by atoms with Crippen LogP contribution in [0.5, 0.6) is 11.5 Å². The Morgan fingerprint density at radius 1 is 1.35 bits per heavy atom. The van der Waals surface area contributed by atoms with Crippen LogP contribution in [-0.2, 0) is 11.2 Å². The highest BCUT2D eigenvalue weighted by Gasteiger charge is 2.29. The molecule has 1 amide bonds. The summed E-state index contributed by atoms with van der Waals surface area (Å²) >= 11 is 0. The molecule has 0 spiro atoms. The van der Waals surface area contributed by atoms with Crippen LogP contribution in [-0.4, -0.2) is 49.8 Å². The average Bonchev–Trinajstić information content (AvgIpc) is 2.57. The van der Waals surface area contributed by atoms with E-state index >= 15 is 0 Å². The molecule has 1 saturated heterocycles. The first-order valence-electron chi connectivity index (χ1n) is 8.18. The number of alkyl halides is 3. The van der Waals surface area contributed by atoms with Crippen molar-refractivity contribution in [1.29, 1.82) is 0 Å². The maximum atomic E-state index is 12.3. The van der Waals surface area contributed by atoms with Gasteiger partial charge in [0.15, 0.2) is 18.1 Å². The second-order valence-corrected chi connectivity index (χ2v) is 6.13. The Bertz CT molecular complexity index is 599. The SMILES string of the molecule is COc1cc(CCC(=O)N2CCCC(N)C2)ccc1OCC(F)(F)F.Cl. The molecule has 2 N–H and O–H groups in total. The van der Waals surface area contributed by atoms with Gasteiger partial charge in [-0.1, -0.05) is 6.07 Å². The summed E-state index contributed by atoms with van der Waals surface area (Å²) in [5, 5.41) is 0. The normalized spacial score (nSPS) is 17.4. The fourth-order valence-corrected chi connectivity index (χ4v) is 2.79. The molecule has 1 aliphatic heterocycles. The first kappa shape index (κ1) is 22.4. The van der Waals surface area contributed by atoms with Gasteiger partial charge in [-0.25, -0.2) is 0 Å². The quantitative estimate of drug-likeness (QED) is 0.803. The van der Waals surface area contributed by atoms with Crippen molar-refractivity contribution in [3.8, 4) is 11.5 Å². The van der Waals surface area contributed by atoms with Gasteiger partial charge >= 0.3 is 6.18 Å². The summed E-state index contributed by atoms with van der Waals surface area (Å²) in [6, 6.07) is 4.70. The largest absolute Gasteiger partial charge is 0.493 e. The summed E-state index contributed by atoms with van der Waals surface area (Å²) < 4.78 is 46.6. The standard InChI is InChI=1S/C17H23F3N2O3.ClH/c1-24-15-9-12(4-6-14(15)25-11-17(18,19)20)5-7-16(23)22-8-2-3-13(21)10-22;/h4,6,9,13H,2-3,5,7-8,10-11,21H2,1H3;1H. The second kappa shape index (κ2) is 9.87. The summed E-state index contributed by atoms with van der Waals surface area (Å²) in [4.78, 5) is 14.0. The fraction of sp³-hybridized carbons (Fsp3) is 0.588. The molecular weight excluding hydrogens is 373 g/mol. The number of carbonyl (C=O) groups is 1. The van der Waals surface area contributed by atoms with Crippen LogP contribution in [0.15, 0.2) is 18.2 Å². The van der Waals surface area contributed by atoms with Gasteiger partial charge < -0.3 is 20.1 Å². The third-order valence-electron chi connectivity index (χ3n) is 4.06. The number of ether oxygens (including phenoxy) is 2. The molecule has 1 heterocycles. The minimum absolute atomic E-state index is 0. The van der Waals surface area contributed by atoms with Crippen molar-refractivity contribution >= 4 is 18.3 Å². The van der Waals surface area contributed by atoms with E-state index in [9.17, 15) is 18.0 Å². The summed E-state index contributed by atoms with van der Waals surface area (Å²) in [7, 11) is 1.36. The molecule has 0 bridgehead atoms. The number of aryl methyl sites for hydroxylation is 1. The third-order valence-corrected chi connectivity index (χ3v) is 4.06. The van der Waals surface area contributed by atoms with Crippen LogP contribution >= 0.6 is 12.4 Å². The number of halogens is 4. The minimum Gasteiger partial charge on any atom is -0.493 e. The summed E-state index contributed by atoms with van der Waals surface area (Å²) in [5.74, 6) is 0.276. The van der Waals surface area contributed by atoms with E-state index in [4.69, 9.17) is 15.2 Å². The van der Waals surface area contributed by atoms with Crippen LogP contribution < -0.4 is 15.2 Å². The highest BCUT2D eigenvalue weighted by Crippen LogP contribution is 2.30. The van der Waals surface area contributed by atoms with Crippen LogP contribution in [0.2, 0.25) is 0 Å². The Labute approximate surface area is 157 Å². The number of hydrogen-bond donors (Lipinski definition) is 1. The number of methoxy groups -OCH3 is 1. The van der Waals surface area contributed by atoms with Crippen molar-refractivity contribution in [1.82, 2.24) is 4.90 Å². The van der Waals surface area contributed by atoms with E-state index in [1.807, 2.05) is 0 Å². The van der Waals surface area contributed by atoms with Gasteiger partial charge in [0.2, 0.25) is 5.91 Å². The Hall–Kier alpha value is -1.67. The molecule has 0 radical (unpaired) electrons. The molecule has 2 rings (SSSR count). The van der Waals surface area contributed by atoms with Crippen molar-refractivity contribution < 1.29 is 27.4 Å². The van der Waals surface area contributed by atoms with E-state index in [1.54, 1.807) is 17.0 Å². The van der Waals surface area contributed by atoms with Gasteiger partial charge in [-0.15, -0.1) is 12.4 Å². The number of rotatable bonds is 6. The highest BCUT2D eigenvalue weighted by atomic mass is 35.5. The predicted octanol–water partition coefficient (Wildman–Crippen LogP) is 2.94. The molecule has 148 valence electrons. The van der Waals surface area contributed by atoms with Crippen molar-refractivity contribution in [2.45, 2.75) is 37.9 Å². The van der Waals surface area contributed by atoms with Gasteiger partial charge in [0.05, 0.1) is 7.11 Å². The van der Waals surface area contributed by atoms with E-state index in [-0.39, 0.29) is 35.9 Å². The van der Waals surface area contributed by atoms with Crippen LogP contribution in [0.4, 0.5) is 13.2 Å². The predicted molar refractivity (Wildman–Crippen MR) is 93.9 cm³/mol. The number of nitrogens with two attached hydrogens (primary N) is 1. The van der Waals surface area contributed by atoms with Crippen LogP contribution in [0, 0.1) is 0 Å². The zero-order chi connectivity index (χ0) is 18.4. The van der Waals surface area contributed by atoms with Gasteiger partial charge in [0, 0.05) is 25.6 Å². The lowest BCUT2D eigenvalue weighted by molar-refractivity contribution is -0.153. The second-order valence-electron chi connectivity index (χ2n) is 6.13. The van der Waals surface area contributed by atoms with Crippen LogP contribution in [0.25, 0.3) is 0 Å². The van der Waals surface area contributed by atoms with Gasteiger partial charge in [0.25, 0.3) is 0 Å². The van der Waals surface area contributed by atoms with Crippen LogP contribution in [0.1, 0.15) is 24.8 Å². The molecule has 0 aliphatic carbocycles. The fourth-order valence-electron chi connectivity index (χ4n) is 2.79. The van der Waals surface area contributed by atoms with Crippen molar-refractivity contribution in [2.75, 3.05) is 26.8 Å². The van der Waals surface area contributed by atoms with E-state index in [0.717, 1.165) is 24.9 Å². The molecule has 0 saturated carbocycles. The number of hydrogen-bond acceptors (Lipinski definition) is 4. The van der Waals surface area contributed by atoms with Crippen molar-refractivity contribution in [2.24, 2.45) is 5.73 Å². The minimum atomic E-state index is -4.41.